The van der Waals surface area contributed by atoms with Gasteiger partial charge in [-0.2, -0.15) is 13.2 Å². The number of benzene rings is 1. The van der Waals surface area contributed by atoms with Crippen LogP contribution in [0.1, 0.15) is 55.3 Å². The van der Waals surface area contributed by atoms with E-state index in [1.165, 1.54) is 37.6 Å². The van der Waals surface area contributed by atoms with Crippen LogP contribution < -0.4 is 10.7 Å². The molecular formula is C28H26F5N3O2. The number of rotatable bonds is 6. The first-order chi connectivity index (χ1) is 18.0. The number of carbonyl (C=O) groups is 1. The lowest BCUT2D eigenvalue weighted by molar-refractivity contribution is -0.115. The summed E-state index contributed by atoms with van der Waals surface area (Å²) in [5.74, 6) is -0.472. The molecule has 4 aliphatic carbocycles. The molecule has 0 radical (unpaired) electrons. The molecule has 4 fully saturated rings. The minimum absolute atomic E-state index is 0.0392. The third-order valence-corrected chi connectivity index (χ3v) is 8.49. The first kappa shape index (κ1) is 25.0. The minimum atomic E-state index is -4.51. The zero-order valence-corrected chi connectivity index (χ0v) is 20.5. The van der Waals surface area contributed by atoms with Gasteiger partial charge in [0.15, 0.2) is 11.4 Å². The van der Waals surface area contributed by atoms with E-state index in [1.807, 2.05) is 0 Å². The molecule has 200 valence electrons. The molecule has 4 saturated carbocycles. The zero-order chi connectivity index (χ0) is 26.8. The first-order valence-corrected chi connectivity index (χ1v) is 12.8. The van der Waals surface area contributed by atoms with Crippen molar-refractivity contribution in [3.8, 4) is 5.69 Å². The van der Waals surface area contributed by atoms with Crippen LogP contribution in [0.4, 0.5) is 27.8 Å². The van der Waals surface area contributed by atoms with Gasteiger partial charge in [-0.3, -0.25) is 14.2 Å². The van der Waals surface area contributed by atoms with Gasteiger partial charge >= 0.3 is 6.18 Å². The van der Waals surface area contributed by atoms with E-state index in [2.05, 4.69) is 10.3 Å². The van der Waals surface area contributed by atoms with Gasteiger partial charge in [-0.1, -0.05) is 0 Å². The van der Waals surface area contributed by atoms with E-state index in [1.54, 1.807) is 0 Å². The third-order valence-electron chi connectivity index (χ3n) is 8.49. The molecule has 2 heterocycles. The fourth-order valence-corrected chi connectivity index (χ4v) is 7.49. The second-order valence-corrected chi connectivity index (χ2v) is 11.4. The number of aromatic nitrogens is 2. The van der Waals surface area contributed by atoms with Gasteiger partial charge in [-0.15, -0.1) is 0 Å². The number of nitrogens with zero attached hydrogens (tertiary/aromatic N) is 2. The lowest BCUT2D eigenvalue weighted by Gasteiger charge is -2.56. The Bertz CT molecular complexity index is 1460. The minimum Gasteiger partial charge on any atom is -0.361 e. The molecule has 3 aromatic rings. The highest BCUT2D eigenvalue weighted by Crippen LogP contribution is 2.61. The van der Waals surface area contributed by atoms with Crippen LogP contribution in [-0.2, 0) is 0 Å². The molecule has 0 spiro atoms. The highest BCUT2D eigenvalue weighted by Gasteiger charge is 2.51. The molecule has 5 nitrogen and oxygen atoms in total. The summed E-state index contributed by atoms with van der Waals surface area (Å²) in [6.45, 7) is -1.36. The number of halogens is 5. The maximum atomic E-state index is 14.9. The molecule has 0 aliphatic heterocycles. The summed E-state index contributed by atoms with van der Waals surface area (Å²) in [6.07, 6.45) is 3.43. The van der Waals surface area contributed by atoms with E-state index in [0.29, 0.717) is 23.8 Å². The number of pyridine rings is 2. The molecular weight excluding hydrogens is 505 g/mol. The molecule has 7 rings (SSSR count). The van der Waals surface area contributed by atoms with Gasteiger partial charge in [0.1, 0.15) is 24.0 Å². The standard InChI is InChI=1S/C28H26F5N3O2/c29-18-1-3-22(21(30)8-18)36-13-20(23(37)12-27-9-15-5-16(10-27)7-17(6-15)11-27)25(38)19-2-4-24(35-26(19)36)34-14-28(31,32)33/h1-4,8,13,15-17H,5-7,9-12,14H2,(H,34,35). The fraction of sp³-hybridized carbons (Fsp3) is 0.464. The Morgan fingerprint density at radius 2 is 1.68 bits per heavy atom. The van der Waals surface area contributed by atoms with Gasteiger partial charge in [-0.25, -0.2) is 13.8 Å². The number of hydrogen-bond acceptors (Lipinski definition) is 4. The van der Waals surface area contributed by atoms with Crippen molar-refractivity contribution in [1.82, 2.24) is 9.55 Å². The Hall–Kier alpha value is -3.30. The molecule has 0 amide bonds. The van der Waals surface area contributed by atoms with Crippen LogP contribution in [0.2, 0.25) is 0 Å². The van der Waals surface area contributed by atoms with Gasteiger partial charge in [0, 0.05) is 18.7 Å². The van der Waals surface area contributed by atoms with Crippen LogP contribution in [-0.4, -0.2) is 28.1 Å². The molecule has 38 heavy (non-hydrogen) atoms. The van der Waals surface area contributed by atoms with Crippen LogP contribution in [0.3, 0.4) is 0 Å². The molecule has 4 aliphatic rings. The van der Waals surface area contributed by atoms with E-state index >= 15 is 0 Å². The van der Waals surface area contributed by atoms with Crippen molar-refractivity contribution >= 4 is 22.6 Å². The molecule has 0 unspecified atom stereocenters. The maximum Gasteiger partial charge on any atom is 0.405 e. The number of hydrogen-bond donors (Lipinski definition) is 1. The predicted molar refractivity (Wildman–Crippen MR) is 131 cm³/mol. The summed E-state index contributed by atoms with van der Waals surface area (Å²) in [5.41, 5.74) is -1.19. The van der Waals surface area contributed by atoms with Gasteiger partial charge in [0.2, 0.25) is 5.43 Å². The number of ketones is 1. The molecule has 10 heteroatoms. The van der Waals surface area contributed by atoms with Crippen molar-refractivity contribution in [2.24, 2.45) is 23.2 Å². The molecule has 0 atom stereocenters. The Kier molecular flexibility index (Phi) is 5.84. The summed E-state index contributed by atoms with van der Waals surface area (Å²) >= 11 is 0. The van der Waals surface area contributed by atoms with Crippen molar-refractivity contribution < 1.29 is 26.7 Å². The Morgan fingerprint density at radius 3 is 2.29 bits per heavy atom. The lowest BCUT2D eigenvalue weighted by Crippen LogP contribution is -2.47. The second kappa shape index (κ2) is 8.88. The van der Waals surface area contributed by atoms with Crippen LogP contribution in [0.25, 0.3) is 16.7 Å². The van der Waals surface area contributed by atoms with Crippen molar-refractivity contribution in [3.05, 3.63) is 63.9 Å². The summed E-state index contributed by atoms with van der Waals surface area (Å²) in [4.78, 5) is 31.3. The summed E-state index contributed by atoms with van der Waals surface area (Å²) in [5, 5.41) is 2.11. The Balaban J connectivity index is 1.43. The van der Waals surface area contributed by atoms with Gasteiger partial charge in [-0.05, 0) is 86.0 Å². The number of fused-ring (bicyclic) bond motifs is 1. The highest BCUT2D eigenvalue weighted by molar-refractivity contribution is 5.99. The molecule has 1 aromatic carbocycles. The number of carbonyl (C=O) groups excluding carboxylic acids is 1. The number of alkyl halides is 3. The monoisotopic (exact) mass is 531 g/mol. The van der Waals surface area contributed by atoms with Crippen molar-refractivity contribution in [2.45, 2.75) is 51.1 Å². The van der Waals surface area contributed by atoms with E-state index in [-0.39, 0.29) is 45.7 Å². The van der Waals surface area contributed by atoms with Crippen LogP contribution in [0.15, 0.2) is 41.3 Å². The second-order valence-electron chi connectivity index (χ2n) is 11.4. The normalized spacial score (nSPS) is 26.2. The molecule has 0 saturated heterocycles. The average molecular weight is 532 g/mol. The zero-order valence-electron chi connectivity index (χ0n) is 20.5. The smallest absolute Gasteiger partial charge is 0.361 e. The molecule has 4 bridgehead atoms. The third kappa shape index (κ3) is 4.58. The molecule has 1 N–H and O–H groups in total. The quantitative estimate of drug-likeness (QED) is 0.294. The summed E-state index contributed by atoms with van der Waals surface area (Å²) < 4.78 is 67.9. The van der Waals surface area contributed by atoms with E-state index in [0.717, 1.165) is 36.0 Å². The molecule has 2 aromatic heterocycles. The van der Waals surface area contributed by atoms with Gasteiger partial charge in [0.05, 0.1) is 16.6 Å². The number of nitrogens with one attached hydrogen (secondary N) is 1. The number of anilines is 1. The van der Waals surface area contributed by atoms with Crippen molar-refractivity contribution in [3.63, 3.8) is 0 Å². The fourth-order valence-electron chi connectivity index (χ4n) is 7.49. The van der Waals surface area contributed by atoms with Crippen molar-refractivity contribution in [2.75, 3.05) is 11.9 Å². The lowest BCUT2D eigenvalue weighted by atomic mass is 9.48. The topological polar surface area (TPSA) is 64.0 Å². The first-order valence-electron chi connectivity index (χ1n) is 12.8. The van der Waals surface area contributed by atoms with E-state index < -0.39 is 29.8 Å². The summed E-state index contributed by atoms with van der Waals surface area (Å²) in [6, 6.07) is 5.31. The van der Waals surface area contributed by atoms with Crippen LogP contribution in [0.5, 0.6) is 0 Å². The average Bonchev–Trinajstić information content (AvgIpc) is 2.82. The Labute approximate surface area is 215 Å². The van der Waals surface area contributed by atoms with E-state index in [4.69, 9.17) is 0 Å². The highest BCUT2D eigenvalue weighted by atomic mass is 19.4. The van der Waals surface area contributed by atoms with Crippen LogP contribution >= 0.6 is 0 Å². The van der Waals surface area contributed by atoms with Crippen molar-refractivity contribution in [1.29, 1.82) is 0 Å². The Morgan fingerprint density at radius 1 is 1.03 bits per heavy atom. The SMILES string of the molecule is O=C(CC12CC3CC(CC(C3)C1)C2)c1cn(-c2ccc(F)cc2F)c2nc(NCC(F)(F)F)ccc2c1=O. The number of Topliss-reactive ketones (excluding diaryl/α,β-unsaturated/α-hetero) is 1. The largest absolute Gasteiger partial charge is 0.405 e. The van der Waals surface area contributed by atoms with Gasteiger partial charge < -0.3 is 5.32 Å². The predicted octanol–water partition coefficient (Wildman–Crippen LogP) is 6.43. The van der Waals surface area contributed by atoms with Gasteiger partial charge in [0.25, 0.3) is 0 Å². The van der Waals surface area contributed by atoms with Crippen LogP contribution in [0, 0.1) is 34.8 Å². The summed E-state index contributed by atoms with van der Waals surface area (Å²) in [7, 11) is 0. The van der Waals surface area contributed by atoms with E-state index in [9.17, 15) is 31.5 Å². The maximum absolute atomic E-state index is 14.9.